The van der Waals surface area contributed by atoms with Crippen LogP contribution in [0.3, 0.4) is 0 Å². The molecule has 41 heavy (non-hydrogen) atoms. The Kier molecular flexibility index (Phi) is 11.9. The number of ketones is 1. The number of aromatic hydroxyl groups is 1. The van der Waals surface area contributed by atoms with Crippen LogP contribution >= 0.6 is 0 Å². The molecule has 2 aromatic carbocycles. The van der Waals surface area contributed by atoms with Gasteiger partial charge in [0.2, 0.25) is 11.8 Å². The van der Waals surface area contributed by atoms with Crippen molar-refractivity contribution in [2.75, 3.05) is 0 Å². The SMILES string of the molecule is CC(C)C[C@H](NC(=O)[C@H](Cc1ccc(O)cc1)NC(=O)OCc1ccccc1)C(=O)N[C@H](C=O)CC1CCCC1=O. The quantitative estimate of drug-likeness (QED) is 0.257. The standard InChI is InChI=1S/C31H39N3O7/c1-20(2)15-26(29(38)32-24(18-35)17-23-9-6-10-28(23)37)33-30(39)27(16-21-11-13-25(36)14-12-21)34-31(40)41-19-22-7-4-3-5-8-22/h3-5,7-8,11-14,18,20,23-24,26-27,36H,6,9-10,15-17,19H2,1-2H3,(H,32,38)(H,33,39)(H,34,40)/t23?,24-,26-,27-/m0/s1. The Morgan fingerprint density at radius 1 is 0.951 bits per heavy atom. The predicted octanol–water partition coefficient (Wildman–Crippen LogP) is 3.20. The van der Waals surface area contributed by atoms with Crippen LogP contribution in [0.2, 0.25) is 0 Å². The zero-order chi connectivity index (χ0) is 29.8. The number of Topliss-reactive ketones (excluding diaryl/α,β-unsaturated/α-hetero) is 1. The van der Waals surface area contributed by atoms with Gasteiger partial charge in [0, 0.05) is 18.8 Å². The summed E-state index contributed by atoms with van der Waals surface area (Å²) in [4.78, 5) is 63.1. The normalized spacial score (nSPS) is 16.9. The largest absolute Gasteiger partial charge is 0.508 e. The molecular weight excluding hydrogens is 526 g/mol. The molecule has 10 nitrogen and oxygen atoms in total. The highest BCUT2D eigenvalue weighted by Gasteiger charge is 2.31. The number of hydrogen-bond acceptors (Lipinski definition) is 7. The van der Waals surface area contributed by atoms with Crippen molar-refractivity contribution in [1.29, 1.82) is 0 Å². The van der Waals surface area contributed by atoms with Crippen LogP contribution in [-0.4, -0.2) is 53.2 Å². The van der Waals surface area contributed by atoms with Crippen molar-refractivity contribution in [2.45, 2.75) is 77.1 Å². The third-order valence-electron chi connectivity index (χ3n) is 7.00. The van der Waals surface area contributed by atoms with Crippen molar-refractivity contribution in [1.82, 2.24) is 16.0 Å². The van der Waals surface area contributed by atoms with E-state index < -0.39 is 36.0 Å². The molecule has 1 fully saturated rings. The van der Waals surface area contributed by atoms with Gasteiger partial charge in [0.05, 0.1) is 6.04 Å². The monoisotopic (exact) mass is 565 g/mol. The molecule has 0 spiro atoms. The van der Waals surface area contributed by atoms with Gasteiger partial charge in [-0.25, -0.2) is 4.79 Å². The summed E-state index contributed by atoms with van der Waals surface area (Å²) < 4.78 is 5.31. The molecule has 0 aromatic heterocycles. The number of alkyl carbamates (subject to hydrolysis) is 1. The number of nitrogens with one attached hydrogen (secondary N) is 3. The van der Waals surface area contributed by atoms with Crippen LogP contribution in [0.1, 0.15) is 57.1 Å². The third-order valence-corrected chi connectivity index (χ3v) is 7.00. The van der Waals surface area contributed by atoms with Gasteiger partial charge in [-0.2, -0.15) is 0 Å². The molecule has 0 bridgehead atoms. The van der Waals surface area contributed by atoms with Gasteiger partial charge in [0.1, 0.15) is 36.5 Å². The summed E-state index contributed by atoms with van der Waals surface area (Å²) in [6.07, 6.45) is 2.36. The zero-order valence-electron chi connectivity index (χ0n) is 23.5. The van der Waals surface area contributed by atoms with Crippen molar-refractivity contribution in [2.24, 2.45) is 11.8 Å². The summed E-state index contributed by atoms with van der Waals surface area (Å²) in [5.74, 6) is -1.22. The van der Waals surface area contributed by atoms with Crippen LogP contribution in [0.5, 0.6) is 5.75 Å². The molecule has 3 rings (SSSR count). The van der Waals surface area contributed by atoms with E-state index in [0.29, 0.717) is 24.7 Å². The van der Waals surface area contributed by atoms with Gasteiger partial charge >= 0.3 is 6.09 Å². The summed E-state index contributed by atoms with van der Waals surface area (Å²) in [6.45, 7) is 3.80. The van der Waals surface area contributed by atoms with Gasteiger partial charge in [0.15, 0.2) is 0 Å². The molecule has 10 heteroatoms. The number of phenolic OH excluding ortho intramolecular Hbond substituents is 1. The maximum Gasteiger partial charge on any atom is 0.408 e. The number of hydrogen-bond donors (Lipinski definition) is 4. The second-order valence-corrected chi connectivity index (χ2v) is 10.9. The summed E-state index contributed by atoms with van der Waals surface area (Å²) in [7, 11) is 0. The van der Waals surface area contributed by atoms with E-state index in [2.05, 4.69) is 16.0 Å². The average Bonchev–Trinajstić information content (AvgIpc) is 3.36. The number of rotatable bonds is 14. The molecule has 4 atom stereocenters. The van der Waals surface area contributed by atoms with E-state index in [-0.39, 0.29) is 49.2 Å². The summed E-state index contributed by atoms with van der Waals surface area (Å²) in [6, 6.07) is 12.4. The van der Waals surface area contributed by atoms with Crippen molar-refractivity contribution >= 4 is 30.0 Å². The average molecular weight is 566 g/mol. The van der Waals surface area contributed by atoms with E-state index in [1.165, 1.54) is 12.1 Å². The van der Waals surface area contributed by atoms with Crippen LogP contribution in [-0.2, 0) is 36.9 Å². The molecule has 3 amide bonds. The number of carbonyl (C=O) groups is 5. The van der Waals surface area contributed by atoms with Crippen LogP contribution < -0.4 is 16.0 Å². The maximum atomic E-state index is 13.5. The molecule has 1 aliphatic carbocycles. The summed E-state index contributed by atoms with van der Waals surface area (Å²) in [5, 5.41) is 17.6. The Balaban J connectivity index is 1.70. The van der Waals surface area contributed by atoms with E-state index in [0.717, 1.165) is 12.0 Å². The minimum absolute atomic E-state index is 0.00911. The minimum Gasteiger partial charge on any atom is -0.508 e. The fourth-order valence-electron chi connectivity index (χ4n) is 4.83. The molecule has 0 aliphatic heterocycles. The van der Waals surface area contributed by atoms with Crippen LogP contribution in [0.25, 0.3) is 0 Å². The fraction of sp³-hybridized carbons (Fsp3) is 0.452. The van der Waals surface area contributed by atoms with Gasteiger partial charge in [-0.1, -0.05) is 56.3 Å². The molecule has 220 valence electrons. The highest BCUT2D eigenvalue weighted by Crippen LogP contribution is 2.25. The van der Waals surface area contributed by atoms with Crippen LogP contribution in [0.4, 0.5) is 4.79 Å². The Morgan fingerprint density at radius 3 is 2.24 bits per heavy atom. The smallest absolute Gasteiger partial charge is 0.408 e. The lowest BCUT2D eigenvalue weighted by Gasteiger charge is -2.25. The van der Waals surface area contributed by atoms with E-state index in [9.17, 15) is 29.1 Å². The number of aldehydes is 1. The lowest BCUT2D eigenvalue weighted by molar-refractivity contribution is -0.131. The lowest BCUT2D eigenvalue weighted by Crippen LogP contribution is -2.56. The van der Waals surface area contributed by atoms with Crippen LogP contribution in [0, 0.1) is 11.8 Å². The Bertz CT molecular complexity index is 1180. The molecular formula is C31H39N3O7. The van der Waals surface area contributed by atoms with Gasteiger partial charge < -0.3 is 30.6 Å². The number of phenols is 1. The first-order valence-corrected chi connectivity index (χ1v) is 14.0. The first-order valence-electron chi connectivity index (χ1n) is 14.0. The van der Waals surface area contributed by atoms with E-state index in [1.807, 2.05) is 32.0 Å². The van der Waals surface area contributed by atoms with Crippen molar-refractivity contribution in [3.63, 3.8) is 0 Å². The van der Waals surface area contributed by atoms with Gasteiger partial charge in [-0.3, -0.25) is 14.4 Å². The minimum atomic E-state index is -1.09. The van der Waals surface area contributed by atoms with Gasteiger partial charge in [-0.05, 0) is 54.9 Å². The second kappa shape index (κ2) is 15.5. The van der Waals surface area contributed by atoms with Crippen molar-refractivity contribution < 1.29 is 33.8 Å². The van der Waals surface area contributed by atoms with E-state index in [4.69, 9.17) is 4.74 Å². The van der Waals surface area contributed by atoms with Crippen molar-refractivity contribution in [3.05, 3.63) is 65.7 Å². The highest BCUT2D eigenvalue weighted by molar-refractivity contribution is 5.92. The molecule has 2 aromatic rings. The number of amides is 3. The van der Waals surface area contributed by atoms with Crippen molar-refractivity contribution in [3.8, 4) is 5.75 Å². The predicted molar refractivity (Wildman–Crippen MR) is 152 cm³/mol. The van der Waals surface area contributed by atoms with E-state index >= 15 is 0 Å². The topological polar surface area (TPSA) is 151 Å². The Labute approximate surface area is 240 Å². The summed E-state index contributed by atoms with van der Waals surface area (Å²) >= 11 is 0. The summed E-state index contributed by atoms with van der Waals surface area (Å²) in [5.41, 5.74) is 1.44. The fourth-order valence-corrected chi connectivity index (χ4v) is 4.83. The maximum absolute atomic E-state index is 13.5. The lowest BCUT2D eigenvalue weighted by atomic mass is 9.97. The molecule has 1 saturated carbocycles. The molecule has 1 unspecified atom stereocenters. The molecule has 4 N–H and O–H groups in total. The van der Waals surface area contributed by atoms with Gasteiger partial charge in [-0.15, -0.1) is 0 Å². The second-order valence-electron chi connectivity index (χ2n) is 10.9. The first-order chi connectivity index (χ1) is 19.6. The van der Waals surface area contributed by atoms with E-state index in [1.54, 1.807) is 24.3 Å². The van der Waals surface area contributed by atoms with Gasteiger partial charge in [0.25, 0.3) is 0 Å². The number of carbonyl (C=O) groups excluding carboxylic acids is 5. The number of ether oxygens (including phenoxy) is 1. The highest BCUT2D eigenvalue weighted by atomic mass is 16.5. The molecule has 0 radical (unpaired) electrons. The molecule has 0 heterocycles. The molecule has 0 saturated heterocycles. The Morgan fingerprint density at radius 2 is 1.63 bits per heavy atom. The first kappa shape index (κ1) is 31.3. The Hall–Kier alpha value is -4.21. The third kappa shape index (κ3) is 10.4. The van der Waals surface area contributed by atoms with Crippen LogP contribution in [0.15, 0.2) is 54.6 Å². The number of benzene rings is 2. The zero-order valence-corrected chi connectivity index (χ0v) is 23.5. The molecule has 1 aliphatic rings.